The van der Waals surface area contributed by atoms with Crippen molar-refractivity contribution in [1.82, 2.24) is 0 Å². The van der Waals surface area contributed by atoms with Crippen LogP contribution in [0.5, 0.6) is 0 Å². The Morgan fingerprint density at radius 1 is 1.53 bits per heavy atom. The minimum atomic E-state index is 0.455. The third-order valence-corrected chi connectivity index (χ3v) is 3.36. The molecule has 1 fully saturated rings. The monoisotopic (exact) mass is 230 g/mol. The van der Waals surface area contributed by atoms with Gasteiger partial charge in [0.15, 0.2) is 0 Å². The third kappa shape index (κ3) is 2.42. The van der Waals surface area contributed by atoms with Crippen LogP contribution in [0.2, 0.25) is 0 Å². The fraction of sp³-hybridized carbons (Fsp3) is 0.500. The van der Waals surface area contributed by atoms with Gasteiger partial charge in [-0.25, -0.2) is 0 Å². The summed E-state index contributed by atoms with van der Waals surface area (Å²) in [5, 5.41) is 8.93. The molecule has 0 N–H and O–H groups in total. The van der Waals surface area contributed by atoms with Gasteiger partial charge in [-0.05, 0) is 37.1 Å². The predicted octanol–water partition coefficient (Wildman–Crippen LogP) is 2.48. The topological polar surface area (TPSA) is 36.3 Å². The van der Waals surface area contributed by atoms with Gasteiger partial charge in [0.25, 0.3) is 0 Å². The summed E-state index contributed by atoms with van der Waals surface area (Å²) >= 11 is 0. The first-order valence-corrected chi connectivity index (χ1v) is 6.11. The van der Waals surface area contributed by atoms with Crippen LogP contribution < -0.4 is 4.90 Å². The Balaban J connectivity index is 2.26. The summed E-state index contributed by atoms with van der Waals surface area (Å²) in [6, 6.07) is 8.72. The van der Waals surface area contributed by atoms with Gasteiger partial charge < -0.3 is 9.64 Å². The van der Waals surface area contributed by atoms with Crippen molar-refractivity contribution in [2.24, 2.45) is 0 Å². The molecule has 1 saturated heterocycles. The molecule has 1 unspecified atom stereocenters. The maximum Gasteiger partial charge on any atom is 0.0994 e. The number of nitrogens with zero attached hydrogens (tertiary/aromatic N) is 2. The van der Waals surface area contributed by atoms with Gasteiger partial charge in [0.05, 0.1) is 30.9 Å². The smallest absolute Gasteiger partial charge is 0.0994 e. The van der Waals surface area contributed by atoms with E-state index in [0.717, 1.165) is 37.3 Å². The molecule has 0 aromatic heterocycles. The highest BCUT2D eigenvalue weighted by Crippen LogP contribution is 2.23. The Bertz CT molecular complexity index is 436. The largest absolute Gasteiger partial charge is 0.377 e. The van der Waals surface area contributed by atoms with E-state index in [1.54, 1.807) is 0 Å². The molecule has 1 atom stereocenters. The van der Waals surface area contributed by atoms with E-state index < -0.39 is 0 Å². The highest BCUT2D eigenvalue weighted by molar-refractivity contribution is 5.54. The highest BCUT2D eigenvalue weighted by atomic mass is 16.5. The van der Waals surface area contributed by atoms with E-state index >= 15 is 0 Å². The molecule has 0 saturated carbocycles. The second kappa shape index (κ2) is 5.20. The van der Waals surface area contributed by atoms with Crippen LogP contribution in [0.1, 0.15) is 24.5 Å². The Hall–Kier alpha value is -1.53. The van der Waals surface area contributed by atoms with Crippen molar-refractivity contribution in [3.63, 3.8) is 0 Å². The number of morpholine rings is 1. The fourth-order valence-electron chi connectivity index (χ4n) is 2.28. The zero-order valence-corrected chi connectivity index (χ0v) is 10.4. The van der Waals surface area contributed by atoms with E-state index in [9.17, 15) is 0 Å². The Kier molecular flexibility index (Phi) is 3.65. The molecule has 0 aliphatic carbocycles. The van der Waals surface area contributed by atoms with Crippen molar-refractivity contribution in [2.75, 3.05) is 24.7 Å². The zero-order chi connectivity index (χ0) is 12.3. The van der Waals surface area contributed by atoms with Crippen LogP contribution in [0.4, 0.5) is 5.69 Å². The van der Waals surface area contributed by atoms with Crippen molar-refractivity contribution in [1.29, 1.82) is 5.26 Å². The fourth-order valence-corrected chi connectivity index (χ4v) is 2.28. The Labute approximate surface area is 103 Å². The van der Waals surface area contributed by atoms with Crippen LogP contribution in [0.3, 0.4) is 0 Å². The minimum absolute atomic E-state index is 0.455. The maximum atomic E-state index is 8.93. The zero-order valence-electron chi connectivity index (χ0n) is 10.4. The summed E-state index contributed by atoms with van der Waals surface area (Å²) in [6.45, 7) is 6.70. The van der Waals surface area contributed by atoms with Gasteiger partial charge in [0.1, 0.15) is 0 Å². The number of hydrogen-bond acceptors (Lipinski definition) is 3. The van der Waals surface area contributed by atoms with Gasteiger partial charge in [0, 0.05) is 12.2 Å². The number of anilines is 1. The number of nitriles is 1. The lowest BCUT2D eigenvalue weighted by atomic mass is 10.1. The molecule has 2 rings (SSSR count). The van der Waals surface area contributed by atoms with Gasteiger partial charge in [0.2, 0.25) is 0 Å². The Morgan fingerprint density at radius 3 is 3.00 bits per heavy atom. The van der Waals surface area contributed by atoms with Gasteiger partial charge >= 0.3 is 0 Å². The minimum Gasteiger partial charge on any atom is -0.377 e. The van der Waals surface area contributed by atoms with Crippen molar-refractivity contribution >= 4 is 5.69 Å². The van der Waals surface area contributed by atoms with Crippen LogP contribution >= 0.6 is 0 Å². The summed E-state index contributed by atoms with van der Waals surface area (Å²) in [6.07, 6.45) is 1.08. The second-order valence-corrected chi connectivity index (χ2v) is 4.44. The molecular weight excluding hydrogens is 212 g/mol. The molecule has 1 aromatic carbocycles. The first-order valence-electron chi connectivity index (χ1n) is 6.11. The lowest BCUT2D eigenvalue weighted by molar-refractivity contribution is 0.0930. The van der Waals surface area contributed by atoms with Crippen molar-refractivity contribution in [2.45, 2.75) is 26.3 Å². The summed E-state index contributed by atoms with van der Waals surface area (Å²) in [4.78, 5) is 2.39. The molecule has 0 bridgehead atoms. The first-order chi connectivity index (χ1) is 8.26. The molecule has 1 aliphatic heterocycles. The second-order valence-electron chi connectivity index (χ2n) is 4.44. The maximum absolute atomic E-state index is 8.93. The molecule has 90 valence electrons. The molecule has 1 aromatic rings. The number of benzene rings is 1. The third-order valence-electron chi connectivity index (χ3n) is 3.36. The SMILES string of the molecule is CCC1COCCN1c1ccc(C#N)c(C)c1. The van der Waals surface area contributed by atoms with Crippen molar-refractivity contribution in [3.8, 4) is 6.07 Å². The number of ether oxygens (including phenoxy) is 1. The van der Waals surface area contributed by atoms with E-state index in [4.69, 9.17) is 10.00 Å². The lowest BCUT2D eigenvalue weighted by Crippen LogP contribution is -2.45. The van der Waals surface area contributed by atoms with Crippen LogP contribution in [-0.2, 0) is 4.74 Å². The van der Waals surface area contributed by atoms with Crippen LogP contribution in [0, 0.1) is 18.3 Å². The summed E-state index contributed by atoms with van der Waals surface area (Å²) < 4.78 is 5.51. The van der Waals surface area contributed by atoms with E-state index in [2.05, 4.69) is 24.0 Å². The molecule has 0 spiro atoms. The van der Waals surface area contributed by atoms with Crippen molar-refractivity contribution < 1.29 is 4.74 Å². The number of hydrogen-bond donors (Lipinski definition) is 0. The molecule has 3 nitrogen and oxygen atoms in total. The lowest BCUT2D eigenvalue weighted by Gasteiger charge is -2.37. The van der Waals surface area contributed by atoms with Gasteiger partial charge in [-0.1, -0.05) is 6.92 Å². The highest BCUT2D eigenvalue weighted by Gasteiger charge is 2.21. The average molecular weight is 230 g/mol. The van der Waals surface area contributed by atoms with E-state index in [-0.39, 0.29) is 0 Å². The summed E-state index contributed by atoms with van der Waals surface area (Å²) in [5.41, 5.74) is 3.01. The van der Waals surface area contributed by atoms with Crippen LogP contribution in [0.15, 0.2) is 18.2 Å². The molecule has 1 heterocycles. The van der Waals surface area contributed by atoms with Gasteiger partial charge in [-0.2, -0.15) is 5.26 Å². The normalized spacial score (nSPS) is 20.1. The van der Waals surface area contributed by atoms with Gasteiger partial charge in [-0.15, -0.1) is 0 Å². The van der Waals surface area contributed by atoms with Gasteiger partial charge in [-0.3, -0.25) is 0 Å². The molecular formula is C14H18N2O. The van der Waals surface area contributed by atoms with Crippen molar-refractivity contribution in [3.05, 3.63) is 29.3 Å². The average Bonchev–Trinajstić information content (AvgIpc) is 2.38. The first kappa shape index (κ1) is 11.9. The standard InChI is InChI=1S/C14H18N2O/c1-3-13-10-17-7-6-16(13)14-5-4-12(9-15)11(2)8-14/h4-5,8,13H,3,6-7,10H2,1-2H3. The Morgan fingerprint density at radius 2 is 2.35 bits per heavy atom. The molecule has 3 heteroatoms. The molecule has 0 amide bonds. The van der Waals surface area contributed by atoms with E-state index in [1.807, 2.05) is 19.1 Å². The van der Waals surface area contributed by atoms with Crippen LogP contribution in [-0.4, -0.2) is 25.8 Å². The summed E-state index contributed by atoms with van der Waals surface area (Å²) in [5.74, 6) is 0. The predicted molar refractivity (Wildman–Crippen MR) is 68.1 cm³/mol. The van der Waals surface area contributed by atoms with E-state index in [1.165, 1.54) is 5.69 Å². The number of aryl methyl sites for hydroxylation is 1. The van der Waals surface area contributed by atoms with E-state index in [0.29, 0.717) is 6.04 Å². The van der Waals surface area contributed by atoms with Crippen LogP contribution in [0.25, 0.3) is 0 Å². The quantitative estimate of drug-likeness (QED) is 0.783. The number of rotatable bonds is 2. The molecule has 1 aliphatic rings. The summed E-state index contributed by atoms with van der Waals surface area (Å²) in [7, 11) is 0. The molecule has 17 heavy (non-hydrogen) atoms. The molecule has 0 radical (unpaired) electrons.